The second kappa shape index (κ2) is 7.31. The topological polar surface area (TPSA) is 70.2 Å². The molecule has 0 aliphatic heterocycles. The van der Waals surface area contributed by atoms with E-state index in [0.717, 1.165) is 4.88 Å². The highest BCUT2D eigenvalue weighted by Gasteiger charge is 2.14. The molecule has 0 fully saturated rings. The monoisotopic (exact) mass is 355 g/mol. The maximum atomic E-state index is 11.7. The standard InChI is InChI=1S/C14H11Cl2N3O2S/c1-8(11-6-7-12(16)22-11)18-19-14(21)13(20)17-10-4-2-9(15)3-5-10/h2-7,18H,1H2,(H,17,20)(H,19,21). The number of anilines is 1. The first-order chi connectivity index (χ1) is 10.5. The quantitative estimate of drug-likeness (QED) is 0.582. The van der Waals surface area contributed by atoms with Gasteiger partial charge in [0, 0.05) is 10.7 Å². The number of rotatable bonds is 4. The minimum absolute atomic E-state index is 0.435. The molecule has 0 bridgehead atoms. The Morgan fingerprint density at radius 2 is 1.64 bits per heavy atom. The maximum Gasteiger partial charge on any atom is 0.327 e. The minimum Gasteiger partial charge on any atom is -0.318 e. The fourth-order valence-corrected chi connectivity index (χ4v) is 2.54. The van der Waals surface area contributed by atoms with Crippen LogP contribution in [0.2, 0.25) is 9.36 Å². The van der Waals surface area contributed by atoms with Gasteiger partial charge in [-0.15, -0.1) is 11.3 Å². The zero-order valence-electron chi connectivity index (χ0n) is 11.2. The summed E-state index contributed by atoms with van der Waals surface area (Å²) in [6.45, 7) is 3.74. The Morgan fingerprint density at radius 3 is 2.23 bits per heavy atom. The first kappa shape index (κ1) is 16.4. The van der Waals surface area contributed by atoms with Gasteiger partial charge in [0.2, 0.25) is 0 Å². The fraction of sp³-hybridized carbons (Fsp3) is 0. The molecule has 114 valence electrons. The third-order valence-corrected chi connectivity index (χ3v) is 4.05. The molecule has 0 atom stereocenters. The molecule has 5 nitrogen and oxygen atoms in total. The molecule has 0 saturated heterocycles. The molecule has 0 unspecified atom stereocenters. The predicted molar refractivity (Wildman–Crippen MR) is 89.7 cm³/mol. The van der Waals surface area contributed by atoms with Gasteiger partial charge < -0.3 is 5.32 Å². The number of thiophene rings is 1. The van der Waals surface area contributed by atoms with Crippen LogP contribution < -0.4 is 16.2 Å². The van der Waals surface area contributed by atoms with Crippen molar-refractivity contribution in [2.75, 3.05) is 5.32 Å². The highest BCUT2D eigenvalue weighted by molar-refractivity contribution is 7.17. The lowest BCUT2D eigenvalue weighted by atomic mass is 10.3. The summed E-state index contributed by atoms with van der Waals surface area (Å²) in [7, 11) is 0. The highest BCUT2D eigenvalue weighted by Crippen LogP contribution is 2.25. The van der Waals surface area contributed by atoms with Gasteiger partial charge in [-0.05, 0) is 36.4 Å². The van der Waals surface area contributed by atoms with Gasteiger partial charge >= 0.3 is 11.8 Å². The average Bonchev–Trinajstić information content (AvgIpc) is 2.93. The third-order valence-electron chi connectivity index (χ3n) is 2.51. The summed E-state index contributed by atoms with van der Waals surface area (Å²) in [4.78, 5) is 24.1. The number of carbonyl (C=O) groups excluding carboxylic acids is 2. The average molecular weight is 356 g/mol. The summed E-state index contributed by atoms with van der Waals surface area (Å²) >= 11 is 12.8. The third kappa shape index (κ3) is 4.49. The van der Waals surface area contributed by atoms with E-state index in [4.69, 9.17) is 23.2 Å². The largest absolute Gasteiger partial charge is 0.327 e. The lowest BCUT2D eigenvalue weighted by molar-refractivity contribution is -0.136. The first-order valence-electron chi connectivity index (χ1n) is 6.03. The molecule has 22 heavy (non-hydrogen) atoms. The molecule has 0 aliphatic rings. The van der Waals surface area contributed by atoms with Gasteiger partial charge in [-0.25, -0.2) is 0 Å². The summed E-state index contributed by atoms with van der Waals surface area (Å²) in [5.41, 5.74) is 5.72. The van der Waals surface area contributed by atoms with Crippen molar-refractivity contribution in [2.45, 2.75) is 0 Å². The molecular formula is C14H11Cl2N3O2S. The first-order valence-corrected chi connectivity index (χ1v) is 7.60. The predicted octanol–water partition coefficient (Wildman–Crippen LogP) is 3.29. The number of hydrogen-bond donors (Lipinski definition) is 3. The number of amides is 2. The van der Waals surface area contributed by atoms with Crippen molar-refractivity contribution < 1.29 is 9.59 Å². The van der Waals surface area contributed by atoms with E-state index in [1.165, 1.54) is 11.3 Å². The normalized spacial score (nSPS) is 9.91. The Hall–Kier alpha value is -2.02. The van der Waals surface area contributed by atoms with E-state index in [9.17, 15) is 9.59 Å². The molecule has 3 N–H and O–H groups in total. The number of halogens is 2. The van der Waals surface area contributed by atoms with Crippen LogP contribution in [0.3, 0.4) is 0 Å². The smallest absolute Gasteiger partial charge is 0.318 e. The summed E-state index contributed by atoms with van der Waals surface area (Å²) < 4.78 is 0.602. The molecule has 0 saturated carbocycles. The van der Waals surface area contributed by atoms with E-state index in [1.54, 1.807) is 36.4 Å². The Balaban J connectivity index is 1.85. The second-order valence-corrected chi connectivity index (χ2v) is 6.27. The lowest BCUT2D eigenvalue weighted by Crippen LogP contribution is -2.42. The van der Waals surface area contributed by atoms with Crippen LogP contribution in [-0.4, -0.2) is 11.8 Å². The van der Waals surface area contributed by atoms with E-state index < -0.39 is 11.8 Å². The number of carbonyl (C=O) groups is 2. The molecule has 2 rings (SSSR count). The van der Waals surface area contributed by atoms with Crippen molar-refractivity contribution in [1.29, 1.82) is 0 Å². The summed E-state index contributed by atoms with van der Waals surface area (Å²) in [5, 5.41) is 2.98. The van der Waals surface area contributed by atoms with Crippen molar-refractivity contribution in [3.8, 4) is 0 Å². The summed E-state index contributed by atoms with van der Waals surface area (Å²) in [6, 6.07) is 9.86. The van der Waals surface area contributed by atoms with Crippen molar-refractivity contribution in [3.05, 3.63) is 57.2 Å². The van der Waals surface area contributed by atoms with E-state index in [2.05, 4.69) is 22.7 Å². The van der Waals surface area contributed by atoms with Gasteiger partial charge in [-0.3, -0.25) is 20.4 Å². The molecular weight excluding hydrogens is 345 g/mol. The highest BCUT2D eigenvalue weighted by atomic mass is 35.5. The van der Waals surface area contributed by atoms with E-state index >= 15 is 0 Å². The van der Waals surface area contributed by atoms with Gasteiger partial charge in [0.1, 0.15) is 0 Å². The maximum absolute atomic E-state index is 11.7. The van der Waals surface area contributed by atoms with Gasteiger partial charge in [0.05, 0.1) is 14.9 Å². The van der Waals surface area contributed by atoms with Gasteiger partial charge in [-0.2, -0.15) is 0 Å². The van der Waals surface area contributed by atoms with Crippen LogP contribution in [0.25, 0.3) is 5.70 Å². The molecule has 1 aromatic heterocycles. The van der Waals surface area contributed by atoms with Gasteiger partial charge in [-0.1, -0.05) is 29.8 Å². The molecule has 0 radical (unpaired) electrons. The SMILES string of the molecule is C=C(NNC(=O)C(=O)Nc1ccc(Cl)cc1)c1ccc(Cl)s1. The molecule has 1 heterocycles. The molecule has 0 aliphatic carbocycles. The molecule has 1 aromatic carbocycles. The number of hydrazine groups is 1. The van der Waals surface area contributed by atoms with Crippen LogP contribution in [0.5, 0.6) is 0 Å². The van der Waals surface area contributed by atoms with Crippen molar-refractivity contribution in [2.24, 2.45) is 0 Å². The summed E-state index contributed by atoms with van der Waals surface area (Å²) in [6.07, 6.45) is 0. The van der Waals surface area contributed by atoms with Crippen LogP contribution >= 0.6 is 34.5 Å². The fourth-order valence-electron chi connectivity index (χ4n) is 1.45. The minimum atomic E-state index is -0.848. The Labute approximate surface area is 140 Å². The lowest BCUT2D eigenvalue weighted by Gasteiger charge is -2.09. The van der Waals surface area contributed by atoms with Crippen molar-refractivity contribution >= 4 is 57.7 Å². The molecule has 0 spiro atoms. The Morgan fingerprint density at radius 1 is 0.955 bits per heavy atom. The van der Waals surface area contributed by atoms with E-state index in [1.807, 2.05) is 0 Å². The van der Waals surface area contributed by atoms with Gasteiger partial charge in [0.25, 0.3) is 0 Å². The van der Waals surface area contributed by atoms with Crippen LogP contribution in [0, 0.1) is 0 Å². The van der Waals surface area contributed by atoms with Crippen LogP contribution in [0.4, 0.5) is 5.69 Å². The molecule has 8 heteroatoms. The zero-order chi connectivity index (χ0) is 16.1. The van der Waals surface area contributed by atoms with Crippen LogP contribution in [0.1, 0.15) is 4.88 Å². The van der Waals surface area contributed by atoms with Crippen molar-refractivity contribution in [3.63, 3.8) is 0 Å². The Kier molecular flexibility index (Phi) is 5.43. The van der Waals surface area contributed by atoms with E-state index in [0.29, 0.717) is 20.7 Å². The van der Waals surface area contributed by atoms with Gasteiger partial charge in [0.15, 0.2) is 0 Å². The second-order valence-electron chi connectivity index (χ2n) is 4.12. The van der Waals surface area contributed by atoms with Crippen molar-refractivity contribution in [1.82, 2.24) is 10.9 Å². The number of hydrogen-bond acceptors (Lipinski definition) is 4. The zero-order valence-corrected chi connectivity index (χ0v) is 13.5. The van der Waals surface area contributed by atoms with E-state index in [-0.39, 0.29) is 0 Å². The number of benzene rings is 1. The Bertz CT molecular complexity index is 713. The van der Waals surface area contributed by atoms with Crippen LogP contribution in [-0.2, 0) is 9.59 Å². The summed E-state index contributed by atoms with van der Waals surface area (Å²) in [5.74, 6) is -1.66. The number of nitrogens with one attached hydrogen (secondary N) is 3. The van der Waals surface area contributed by atoms with Crippen LogP contribution in [0.15, 0.2) is 43.0 Å². The molecule has 2 aromatic rings. The molecule has 2 amide bonds.